The largest absolute Gasteiger partial charge is 0.448 e. The number of nitrogens with one attached hydrogen (secondary N) is 2. The normalized spacial score (nSPS) is 14.8. The average Bonchev–Trinajstić information content (AvgIpc) is 3.01. The summed E-state index contributed by atoms with van der Waals surface area (Å²) in [6.07, 6.45) is -0.283. The molecule has 0 spiro atoms. The fourth-order valence-electron chi connectivity index (χ4n) is 2.64. The molecule has 6 nitrogen and oxygen atoms in total. The van der Waals surface area contributed by atoms with Gasteiger partial charge in [-0.05, 0) is 36.8 Å². The molecule has 2 aromatic carbocycles. The van der Waals surface area contributed by atoms with Crippen molar-refractivity contribution in [3.8, 4) is 0 Å². The molecule has 0 unspecified atom stereocenters. The second kappa shape index (κ2) is 7.70. The first-order valence-corrected chi connectivity index (χ1v) is 8.25. The predicted octanol–water partition coefficient (Wildman–Crippen LogP) is 3.08. The Morgan fingerprint density at radius 3 is 2.64 bits per heavy atom. The zero-order valence-corrected chi connectivity index (χ0v) is 14.1. The van der Waals surface area contributed by atoms with E-state index >= 15 is 0 Å². The van der Waals surface area contributed by atoms with Gasteiger partial charge in [-0.15, -0.1) is 0 Å². The third kappa shape index (κ3) is 4.50. The van der Waals surface area contributed by atoms with Crippen LogP contribution in [0.4, 0.5) is 16.2 Å². The van der Waals surface area contributed by atoms with Crippen LogP contribution in [0, 0.1) is 0 Å². The van der Waals surface area contributed by atoms with Crippen molar-refractivity contribution in [1.82, 2.24) is 4.90 Å². The molecular weight excluding hydrogens is 318 g/mol. The van der Waals surface area contributed by atoms with Crippen molar-refractivity contribution < 1.29 is 14.3 Å². The number of rotatable bonds is 6. The van der Waals surface area contributed by atoms with Crippen molar-refractivity contribution >= 4 is 23.4 Å². The van der Waals surface area contributed by atoms with Crippen molar-refractivity contribution in [2.45, 2.75) is 19.5 Å². The molecule has 1 saturated heterocycles. The van der Waals surface area contributed by atoms with E-state index in [1.165, 1.54) is 0 Å². The van der Waals surface area contributed by atoms with Crippen LogP contribution >= 0.6 is 0 Å². The van der Waals surface area contributed by atoms with Gasteiger partial charge in [0.1, 0.15) is 12.6 Å². The summed E-state index contributed by atoms with van der Waals surface area (Å²) in [6, 6.07) is 16.6. The van der Waals surface area contributed by atoms with Crippen LogP contribution in [0.25, 0.3) is 0 Å². The molecule has 0 aromatic heterocycles. The van der Waals surface area contributed by atoms with Crippen molar-refractivity contribution in [2.24, 2.45) is 0 Å². The number of cyclic esters (lactones) is 1. The molecule has 2 aromatic rings. The summed E-state index contributed by atoms with van der Waals surface area (Å²) in [5.41, 5.74) is 2.59. The summed E-state index contributed by atoms with van der Waals surface area (Å²) in [5.74, 6) is -0.111. The monoisotopic (exact) mass is 339 g/mol. The van der Waals surface area contributed by atoms with Crippen LogP contribution in [0.5, 0.6) is 0 Å². The van der Waals surface area contributed by atoms with Crippen LogP contribution in [-0.4, -0.2) is 36.1 Å². The second-order valence-electron chi connectivity index (χ2n) is 5.96. The highest BCUT2D eigenvalue weighted by Crippen LogP contribution is 2.16. The summed E-state index contributed by atoms with van der Waals surface area (Å²) in [4.78, 5) is 25.5. The minimum atomic E-state index is -0.396. The Hall–Kier alpha value is -3.02. The summed E-state index contributed by atoms with van der Waals surface area (Å²) in [6.45, 7) is 3.35. The first kappa shape index (κ1) is 16.8. The molecule has 2 amide bonds. The van der Waals surface area contributed by atoms with E-state index in [1.54, 1.807) is 4.90 Å². The van der Waals surface area contributed by atoms with Crippen LogP contribution < -0.4 is 10.6 Å². The Labute approximate surface area is 146 Å². The first-order valence-electron chi connectivity index (χ1n) is 8.25. The van der Waals surface area contributed by atoms with Gasteiger partial charge in [-0.2, -0.15) is 0 Å². The number of amides is 2. The van der Waals surface area contributed by atoms with E-state index in [9.17, 15) is 9.59 Å². The summed E-state index contributed by atoms with van der Waals surface area (Å²) in [5, 5.41) is 6.06. The number of para-hydroxylation sites is 1. The lowest BCUT2D eigenvalue weighted by Gasteiger charge is -2.17. The molecule has 0 aliphatic carbocycles. The van der Waals surface area contributed by atoms with Crippen LogP contribution in [-0.2, 0) is 16.1 Å². The number of anilines is 2. The Morgan fingerprint density at radius 2 is 1.92 bits per heavy atom. The third-order valence-electron chi connectivity index (χ3n) is 3.96. The van der Waals surface area contributed by atoms with Gasteiger partial charge >= 0.3 is 6.09 Å². The van der Waals surface area contributed by atoms with Gasteiger partial charge in [-0.25, -0.2) is 4.79 Å². The van der Waals surface area contributed by atoms with Gasteiger partial charge < -0.3 is 20.3 Å². The highest BCUT2D eigenvalue weighted by molar-refractivity contribution is 5.96. The lowest BCUT2D eigenvalue weighted by molar-refractivity contribution is -0.116. The molecule has 1 aliphatic rings. The molecule has 1 fully saturated rings. The Bertz CT molecular complexity index is 749. The zero-order valence-electron chi connectivity index (χ0n) is 14.1. The molecule has 1 atom stereocenters. The molecule has 6 heteroatoms. The van der Waals surface area contributed by atoms with Crippen LogP contribution in [0.3, 0.4) is 0 Å². The highest BCUT2D eigenvalue weighted by atomic mass is 16.6. The number of carbonyl (C=O) groups excluding carboxylic acids is 2. The maximum absolute atomic E-state index is 12.3. The van der Waals surface area contributed by atoms with E-state index < -0.39 is 6.04 Å². The van der Waals surface area contributed by atoms with Crippen molar-refractivity contribution in [3.05, 3.63) is 60.2 Å². The van der Waals surface area contributed by atoms with E-state index in [-0.39, 0.29) is 12.0 Å². The quantitative estimate of drug-likeness (QED) is 0.848. The SMILES string of the molecule is C[C@H](Nc1cccc(CN2CCOC2=O)c1)C(=O)Nc1ccccc1. The van der Waals surface area contributed by atoms with E-state index in [2.05, 4.69) is 10.6 Å². The number of hydrogen-bond donors (Lipinski definition) is 2. The standard InChI is InChI=1S/C19H21N3O3/c1-14(18(23)21-16-7-3-2-4-8-16)20-17-9-5-6-15(12-17)13-22-10-11-25-19(22)24/h2-9,12,14,20H,10-11,13H2,1H3,(H,21,23)/t14-/m0/s1. The minimum Gasteiger partial charge on any atom is -0.448 e. The van der Waals surface area contributed by atoms with Gasteiger partial charge in [0.2, 0.25) is 5.91 Å². The van der Waals surface area contributed by atoms with E-state index in [4.69, 9.17) is 4.74 Å². The number of ether oxygens (including phenoxy) is 1. The predicted molar refractivity (Wildman–Crippen MR) is 96.4 cm³/mol. The summed E-state index contributed by atoms with van der Waals surface area (Å²) < 4.78 is 4.94. The minimum absolute atomic E-state index is 0.111. The summed E-state index contributed by atoms with van der Waals surface area (Å²) >= 11 is 0. The average molecular weight is 339 g/mol. The van der Waals surface area contributed by atoms with Crippen molar-refractivity contribution in [3.63, 3.8) is 0 Å². The third-order valence-corrected chi connectivity index (χ3v) is 3.96. The molecule has 130 valence electrons. The molecule has 1 aliphatic heterocycles. The maximum Gasteiger partial charge on any atom is 0.410 e. The molecule has 1 heterocycles. The van der Waals surface area contributed by atoms with E-state index in [1.807, 2.05) is 61.5 Å². The van der Waals surface area contributed by atoms with E-state index in [0.29, 0.717) is 19.7 Å². The number of benzene rings is 2. The van der Waals surface area contributed by atoms with Gasteiger partial charge in [0.05, 0.1) is 6.54 Å². The van der Waals surface area contributed by atoms with Gasteiger partial charge in [-0.1, -0.05) is 30.3 Å². The summed E-state index contributed by atoms with van der Waals surface area (Å²) in [7, 11) is 0. The lowest BCUT2D eigenvalue weighted by Crippen LogP contribution is -2.31. The lowest BCUT2D eigenvalue weighted by atomic mass is 10.1. The molecule has 0 saturated carbocycles. The van der Waals surface area contributed by atoms with Crippen LogP contribution in [0.15, 0.2) is 54.6 Å². The Balaban J connectivity index is 1.59. The number of nitrogens with zero attached hydrogens (tertiary/aromatic N) is 1. The van der Waals surface area contributed by atoms with Gasteiger partial charge in [0.15, 0.2) is 0 Å². The molecule has 3 rings (SSSR count). The molecule has 25 heavy (non-hydrogen) atoms. The fraction of sp³-hybridized carbons (Fsp3) is 0.263. The van der Waals surface area contributed by atoms with Gasteiger partial charge in [0, 0.05) is 17.9 Å². The highest BCUT2D eigenvalue weighted by Gasteiger charge is 2.22. The maximum atomic E-state index is 12.3. The number of hydrogen-bond acceptors (Lipinski definition) is 4. The smallest absolute Gasteiger partial charge is 0.410 e. The Kier molecular flexibility index (Phi) is 5.18. The molecule has 0 bridgehead atoms. The van der Waals surface area contributed by atoms with Crippen LogP contribution in [0.2, 0.25) is 0 Å². The van der Waals surface area contributed by atoms with Crippen molar-refractivity contribution in [1.29, 1.82) is 0 Å². The number of carbonyl (C=O) groups is 2. The molecule has 2 N–H and O–H groups in total. The molecular formula is C19H21N3O3. The van der Waals surface area contributed by atoms with Crippen LogP contribution in [0.1, 0.15) is 12.5 Å². The van der Waals surface area contributed by atoms with Crippen molar-refractivity contribution in [2.75, 3.05) is 23.8 Å². The Morgan fingerprint density at radius 1 is 1.16 bits per heavy atom. The molecule has 0 radical (unpaired) electrons. The first-order chi connectivity index (χ1) is 12.1. The van der Waals surface area contributed by atoms with E-state index in [0.717, 1.165) is 16.9 Å². The zero-order chi connectivity index (χ0) is 17.6. The fourth-order valence-corrected chi connectivity index (χ4v) is 2.64. The second-order valence-corrected chi connectivity index (χ2v) is 5.96. The van der Waals surface area contributed by atoms with Gasteiger partial charge in [-0.3, -0.25) is 4.79 Å². The van der Waals surface area contributed by atoms with Gasteiger partial charge in [0.25, 0.3) is 0 Å². The topological polar surface area (TPSA) is 70.7 Å².